The number of rotatable bonds is 2. The van der Waals surface area contributed by atoms with E-state index < -0.39 is 0 Å². The Balaban J connectivity index is 0.000001000. The van der Waals surface area contributed by atoms with Gasteiger partial charge in [0.1, 0.15) is 0 Å². The second-order valence-corrected chi connectivity index (χ2v) is 3.15. The highest BCUT2D eigenvalue weighted by Crippen LogP contribution is 2.05. The standard InChI is InChI=1S/C9H11P.ClH/c1-3-8-4-6-9(10-2)7-5-8;/h3-7,10H,1H2,2H3;1H. The zero-order valence-electron chi connectivity index (χ0n) is 6.50. The SMILES string of the molecule is C=Cc1ccc(PC)cc1.Cl. The van der Waals surface area contributed by atoms with E-state index in [-0.39, 0.29) is 12.4 Å². The van der Waals surface area contributed by atoms with Gasteiger partial charge in [-0.15, -0.1) is 12.4 Å². The van der Waals surface area contributed by atoms with Gasteiger partial charge >= 0.3 is 0 Å². The Labute approximate surface area is 75.9 Å². The molecule has 2 heteroatoms. The summed E-state index contributed by atoms with van der Waals surface area (Å²) in [4.78, 5) is 0. The molecule has 0 amide bonds. The van der Waals surface area contributed by atoms with Gasteiger partial charge in [-0.1, -0.05) is 45.5 Å². The molecular weight excluding hydrogens is 175 g/mol. The summed E-state index contributed by atoms with van der Waals surface area (Å²) in [6.45, 7) is 5.87. The van der Waals surface area contributed by atoms with Crippen molar-refractivity contribution in [1.29, 1.82) is 0 Å². The Hall–Kier alpha value is -0.320. The van der Waals surface area contributed by atoms with Crippen LogP contribution in [0.1, 0.15) is 5.56 Å². The molecule has 1 unspecified atom stereocenters. The van der Waals surface area contributed by atoms with E-state index in [1.54, 1.807) is 0 Å². The number of hydrogen-bond donors (Lipinski definition) is 0. The average molecular weight is 187 g/mol. The minimum atomic E-state index is 0. The second kappa shape index (κ2) is 5.35. The van der Waals surface area contributed by atoms with Crippen molar-refractivity contribution in [2.45, 2.75) is 0 Å². The van der Waals surface area contributed by atoms with E-state index in [0.29, 0.717) is 0 Å². The van der Waals surface area contributed by atoms with E-state index in [4.69, 9.17) is 0 Å². The maximum atomic E-state index is 3.69. The number of halogens is 1. The summed E-state index contributed by atoms with van der Waals surface area (Å²) in [7, 11) is 0.894. The molecule has 0 bridgehead atoms. The van der Waals surface area contributed by atoms with Gasteiger partial charge in [0.15, 0.2) is 0 Å². The zero-order valence-corrected chi connectivity index (χ0v) is 8.32. The average Bonchev–Trinajstić information content (AvgIpc) is 2.05. The number of benzene rings is 1. The molecule has 60 valence electrons. The summed E-state index contributed by atoms with van der Waals surface area (Å²) >= 11 is 0. The van der Waals surface area contributed by atoms with Crippen molar-refractivity contribution >= 4 is 32.4 Å². The van der Waals surface area contributed by atoms with Gasteiger partial charge in [-0.2, -0.15) is 0 Å². The summed E-state index contributed by atoms with van der Waals surface area (Å²) in [5.41, 5.74) is 1.20. The Morgan fingerprint density at radius 2 is 1.82 bits per heavy atom. The molecule has 0 radical (unpaired) electrons. The highest BCUT2D eigenvalue weighted by atomic mass is 35.5. The van der Waals surface area contributed by atoms with Crippen LogP contribution in [0.25, 0.3) is 6.08 Å². The summed E-state index contributed by atoms with van der Waals surface area (Å²) in [6.07, 6.45) is 1.86. The summed E-state index contributed by atoms with van der Waals surface area (Å²) in [5, 5.41) is 1.41. The molecule has 1 rings (SSSR count). The highest BCUT2D eigenvalue weighted by molar-refractivity contribution is 7.46. The van der Waals surface area contributed by atoms with E-state index >= 15 is 0 Å². The minimum absolute atomic E-state index is 0. The molecule has 0 nitrogen and oxygen atoms in total. The smallest absolute Gasteiger partial charge is 0.0262 e. The molecule has 0 aromatic heterocycles. The first-order valence-electron chi connectivity index (χ1n) is 3.27. The van der Waals surface area contributed by atoms with Crippen LogP contribution in [0.15, 0.2) is 30.8 Å². The van der Waals surface area contributed by atoms with Crippen molar-refractivity contribution in [2.75, 3.05) is 6.66 Å². The third-order valence-corrected chi connectivity index (χ3v) is 2.35. The molecule has 0 fully saturated rings. The molecule has 0 spiro atoms. The van der Waals surface area contributed by atoms with Crippen molar-refractivity contribution in [3.05, 3.63) is 36.4 Å². The lowest BCUT2D eigenvalue weighted by Crippen LogP contribution is -1.90. The van der Waals surface area contributed by atoms with Crippen molar-refractivity contribution in [2.24, 2.45) is 0 Å². The van der Waals surface area contributed by atoms with Crippen molar-refractivity contribution < 1.29 is 0 Å². The fraction of sp³-hybridized carbons (Fsp3) is 0.111. The van der Waals surface area contributed by atoms with Crippen molar-refractivity contribution in [3.63, 3.8) is 0 Å². The Bertz CT molecular complexity index is 216. The lowest BCUT2D eigenvalue weighted by molar-refractivity contribution is 1.71. The summed E-state index contributed by atoms with van der Waals surface area (Å²) in [5.74, 6) is 0. The first-order valence-corrected chi connectivity index (χ1v) is 4.77. The van der Waals surface area contributed by atoms with Crippen molar-refractivity contribution in [1.82, 2.24) is 0 Å². The molecule has 0 N–H and O–H groups in total. The summed E-state index contributed by atoms with van der Waals surface area (Å²) < 4.78 is 0. The topological polar surface area (TPSA) is 0 Å². The molecule has 0 heterocycles. The predicted molar refractivity (Wildman–Crippen MR) is 57.7 cm³/mol. The molecule has 0 aliphatic rings. The van der Waals surface area contributed by atoms with E-state index in [1.165, 1.54) is 10.9 Å². The molecule has 0 saturated heterocycles. The molecule has 0 aliphatic carbocycles. The van der Waals surface area contributed by atoms with Gasteiger partial charge in [-0.3, -0.25) is 0 Å². The third kappa shape index (κ3) is 3.05. The van der Waals surface area contributed by atoms with Crippen LogP contribution >= 0.6 is 21.0 Å². The molecular formula is C9H12ClP. The Kier molecular flexibility index (Phi) is 5.19. The second-order valence-electron chi connectivity index (χ2n) is 2.08. The van der Waals surface area contributed by atoms with E-state index in [1.807, 2.05) is 6.08 Å². The fourth-order valence-corrected chi connectivity index (χ4v) is 1.29. The van der Waals surface area contributed by atoms with Crippen LogP contribution < -0.4 is 5.30 Å². The van der Waals surface area contributed by atoms with Crippen LogP contribution in [0.3, 0.4) is 0 Å². The van der Waals surface area contributed by atoms with Gasteiger partial charge < -0.3 is 0 Å². The highest BCUT2D eigenvalue weighted by Gasteiger charge is 1.86. The Morgan fingerprint density at radius 1 is 1.27 bits per heavy atom. The van der Waals surface area contributed by atoms with Crippen LogP contribution in [0.4, 0.5) is 0 Å². The monoisotopic (exact) mass is 186 g/mol. The molecule has 1 aromatic carbocycles. The normalized spacial score (nSPS) is 9.55. The van der Waals surface area contributed by atoms with Gasteiger partial charge in [0.05, 0.1) is 0 Å². The maximum Gasteiger partial charge on any atom is -0.0262 e. The van der Waals surface area contributed by atoms with Crippen molar-refractivity contribution in [3.8, 4) is 0 Å². The summed E-state index contributed by atoms with van der Waals surface area (Å²) in [6, 6.07) is 8.49. The quantitative estimate of drug-likeness (QED) is 0.623. The predicted octanol–water partition coefficient (Wildman–Crippen LogP) is 2.69. The molecule has 1 aromatic rings. The van der Waals surface area contributed by atoms with Crippen LogP contribution in [-0.2, 0) is 0 Å². The van der Waals surface area contributed by atoms with E-state index in [2.05, 4.69) is 37.5 Å². The van der Waals surface area contributed by atoms with Crippen LogP contribution in [0.2, 0.25) is 0 Å². The first-order chi connectivity index (χ1) is 4.86. The fourth-order valence-electron chi connectivity index (χ4n) is 0.786. The molecule has 0 aliphatic heterocycles. The molecule has 1 atom stereocenters. The maximum absolute atomic E-state index is 3.69. The first kappa shape index (κ1) is 10.7. The van der Waals surface area contributed by atoms with E-state index in [0.717, 1.165) is 8.58 Å². The van der Waals surface area contributed by atoms with Gasteiger partial charge in [0, 0.05) is 0 Å². The number of hydrogen-bond acceptors (Lipinski definition) is 0. The lowest BCUT2D eigenvalue weighted by Gasteiger charge is -1.95. The molecule has 0 saturated carbocycles. The van der Waals surface area contributed by atoms with Gasteiger partial charge in [0.2, 0.25) is 0 Å². The zero-order chi connectivity index (χ0) is 7.40. The third-order valence-electron chi connectivity index (χ3n) is 1.44. The van der Waals surface area contributed by atoms with Crippen LogP contribution in [0.5, 0.6) is 0 Å². The van der Waals surface area contributed by atoms with E-state index in [9.17, 15) is 0 Å². The minimum Gasteiger partial charge on any atom is -0.147 e. The molecule has 11 heavy (non-hydrogen) atoms. The van der Waals surface area contributed by atoms with Crippen LogP contribution in [0, 0.1) is 0 Å². The van der Waals surface area contributed by atoms with Gasteiger partial charge in [0.25, 0.3) is 0 Å². The Morgan fingerprint density at radius 3 is 2.18 bits per heavy atom. The van der Waals surface area contributed by atoms with Gasteiger partial charge in [-0.25, -0.2) is 0 Å². The van der Waals surface area contributed by atoms with Gasteiger partial charge in [-0.05, 0) is 17.5 Å². The lowest BCUT2D eigenvalue weighted by atomic mass is 10.2. The largest absolute Gasteiger partial charge is 0.147 e. The van der Waals surface area contributed by atoms with Crippen LogP contribution in [-0.4, -0.2) is 6.66 Å².